The van der Waals surface area contributed by atoms with Crippen molar-refractivity contribution < 1.29 is 14.7 Å². The van der Waals surface area contributed by atoms with Gasteiger partial charge in [-0.05, 0) is 26.3 Å². The number of carboxylic acid groups (broad SMARTS) is 1. The molecule has 122 valence electrons. The molecular weight excluding hydrogens is 296 g/mol. The molecule has 0 radical (unpaired) electrons. The molecule has 6 nitrogen and oxygen atoms in total. The maximum atomic E-state index is 12.6. The lowest BCUT2D eigenvalue weighted by atomic mass is 9.97. The largest absolute Gasteiger partial charge is 0.481 e. The molecule has 2 rings (SSSR count). The fourth-order valence-corrected chi connectivity index (χ4v) is 2.46. The maximum absolute atomic E-state index is 12.6. The third kappa shape index (κ3) is 3.77. The molecule has 1 amide bonds. The SMILES string of the molecule is Cn1c(=O)cc(C(=O)NC(C)(C)CCC(=O)O)c2ccccc21. The minimum atomic E-state index is -0.911. The van der Waals surface area contributed by atoms with Gasteiger partial charge in [0.25, 0.3) is 11.5 Å². The first kappa shape index (κ1) is 16.7. The third-order valence-corrected chi connectivity index (χ3v) is 3.81. The van der Waals surface area contributed by atoms with Crippen molar-refractivity contribution in [3.8, 4) is 0 Å². The van der Waals surface area contributed by atoms with Crippen LogP contribution in [0.5, 0.6) is 0 Å². The quantitative estimate of drug-likeness (QED) is 0.882. The summed E-state index contributed by atoms with van der Waals surface area (Å²) in [7, 11) is 1.66. The lowest BCUT2D eigenvalue weighted by Gasteiger charge is -2.26. The number of carbonyl (C=O) groups is 2. The van der Waals surface area contributed by atoms with E-state index in [1.54, 1.807) is 45.2 Å². The van der Waals surface area contributed by atoms with E-state index in [0.717, 1.165) is 0 Å². The summed E-state index contributed by atoms with van der Waals surface area (Å²) in [5.41, 5.74) is 0.0234. The van der Waals surface area contributed by atoms with Crippen molar-refractivity contribution in [1.82, 2.24) is 9.88 Å². The van der Waals surface area contributed by atoms with Crippen molar-refractivity contribution in [2.45, 2.75) is 32.2 Å². The average molecular weight is 316 g/mol. The molecule has 0 aliphatic heterocycles. The number of carboxylic acids is 1. The van der Waals surface area contributed by atoms with Gasteiger partial charge in [-0.3, -0.25) is 14.4 Å². The summed E-state index contributed by atoms with van der Waals surface area (Å²) in [5, 5.41) is 12.3. The lowest BCUT2D eigenvalue weighted by molar-refractivity contribution is -0.137. The van der Waals surface area contributed by atoms with Crippen molar-refractivity contribution in [3.05, 3.63) is 46.2 Å². The summed E-state index contributed by atoms with van der Waals surface area (Å²) >= 11 is 0. The van der Waals surface area contributed by atoms with Crippen LogP contribution in [0.3, 0.4) is 0 Å². The first-order valence-electron chi connectivity index (χ1n) is 7.34. The van der Waals surface area contributed by atoms with E-state index in [0.29, 0.717) is 22.9 Å². The van der Waals surface area contributed by atoms with Gasteiger partial charge in [0.05, 0.1) is 11.1 Å². The number of aromatic nitrogens is 1. The number of aliphatic carboxylic acids is 1. The predicted octanol–water partition coefficient (Wildman–Crippen LogP) is 1.91. The van der Waals surface area contributed by atoms with Gasteiger partial charge in [-0.1, -0.05) is 18.2 Å². The topological polar surface area (TPSA) is 88.4 Å². The molecule has 6 heteroatoms. The van der Waals surface area contributed by atoms with Crippen LogP contribution < -0.4 is 10.9 Å². The van der Waals surface area contributed by atoms with E-state index in [1.165, 1.54) is 10.6 Å². The Morgan fingerprint density at radius 3 is 2.57 bits per heavy atom. The van der Waals surface area contributed by atoms with E-state index in [2.05, 4.69) is 5.32 Å². The second kappa shape index (κ2) is 6.24. The first-order valence-corrected chi connectivity index (χ1v) is 7.34. The number of aryl methyl sites for hydroxylation is 1. The Bertz CT molecular complexity index is 821. The van der Waals surface area contributed by atoms with Crippen LogP contribution in [0.4, 0.5) is 0 Å². The molecule has 1 heterocycles. The summed E-state index contributed by atoms with van der Waals surface area (Å²) in [6.07, 6.45) is 0.265. The zero-order chi connectivity index (χ0) is 17.2. The van der Waals surface area contributed by atoms with Gasteiger partial charge in [0.1, 0.15) is 0 Å². The molecule has 0 atom stereocenters. The number of fused-ring (bicyclic) bond motifs is 1. The molecular formula is C17H20N2O4. The number of para-hydroxylation sites is 1. The fraction of sp³-hybridized carbons (Fsp3) is 0.353. The normalized spacial score (nSPS) is 11.4. The molecule has 2 aromatic rings. The zero-order valence-electron chi connectivity index (χ0n) is 13.4. The summed E-state index contributed by atoms with van der Waals surface area (Å²) < 4.78 is 1.49. The van der Waals surface area contributed by atoms with Crippen LogP contribution in [0, 0.1) is 0 Å². The molecule has 0 aliphatic rings. The number of hydrogen-bond acceptors (Lipinski definition) is 3. The third-order valence-electron chi connectivity index (χ3n) is 3.81. The van der Waals surface area contributed by atoms with Gasteiger partial charge < -0.3 is 15.0 Å². The highest BCUT2D eigenvalue weighted by Gasteiger charge is 2.23. The number of nitrogens with one attached hydrogen (secondary N) is 1. The second-order valence-electron chi connectivity index (χ2n) is 6.20. The van der Waals surface area contributed by atoms with Crippen molar-refractivity contribution in [2.24, 2.45) is 7.05 Å². The van der Waals surface area contributed by atoms with Crippen molar-refractivity contribution in [3.63, 3.8) is 0 Å². The monoisotopic (exact) mass is 316 g/mol. The van der Waals surface area contributed by atoms with Crippen molar-refractivity contribution >= 4 is 22.8 Å². The van der Waals surface area contributed by atoms with E-state index in [1.807, 2.05) is 0 Å². The number of hydrogen-bond donors (Lipinski definition) is 2. The van der Waals surface area contributed by atoms with E-state index in [9.17, 15) is 14.4 Å². The maximum Gasteiger partial charge on any atom is 0.303 e. The molecule has 0 aliphatic carbocycles. The Labute approximate surface area is 133 Å². The minimum Gasteiger partial charge on any atom is -0.481 e. The van der Waals surface area contributed by atoms with Gasteiger partial charge in [0, 0.05) is 30.5 Å². The molecule has 0 spiro atoms. The van der Waals surface area contributed by atoms with Gasteiger partial charge in [0.15, 0.2) is 0 Å². The standard InChI is InChI=1S/C17H20N2O4/c1-17(2,9-8-15(21)22)18-16(23)12-10-14(20)19(3)13-7-5-4-6-11(12)13/h4-7,10H,8-9H2,1-3H3,(H,18,23)(H,21,22). The number of pyridine rings is 1. The Morgan fingerprint density at radius 1 is 1.26 bits per heavy atom. The van der Waals surface area contributed by atoms with Crippen LogP contribution in [0.1, 0.15) is 37.0 Å². The minimum absolute atomic E-state index is 0.0371. The molecule has 1 aromatic heterocycles. The lowest BCUT2D eigenvalue weighted by Crippen LogP contribution is -2.44. The van der Waals surface area contributed by atoms with Crippen LogP contribution in [0.2, 0.25) is 0 Å². The van der Waals surface area contributed by atoms with Gasteiger partial charge in [-0.2, -0.15) is 0 Å². The average Bonchev–Trinajstić information content (AvgIpc) is 2.48. The molecule has 2 N–H and O–H groups in total. The Kier molecular flexibility index (Phi) is 4.54. The van der Waals surface area contributed by atoms with E-state index >= 15 is 0 Å². The highest BCUT2D eigenvalue weighted by molar-refractivity contribution is 6.06. The fourth-order valence-electron chi connectivity index (χ4n) is 2.46. The van der Waals surface area contributed by atoms with E-state index in [-0.39, 0.29) is 17.9 Å². The molecule has 0 unspecified atom stereocenters. The number of nitrogens with zero attached hydrogens (tertiary/aromatic N) is 1. The van der Waals surface area contributed by atoms with Gasteiger partial charge in [-0.15, -0.1) is 0 Å². The first-order chi connectivity index (χ1) is 10.7. The van der Waals surface area contributed by atoms with Crippen molar-refractivity contribution in [2.75, 3.05) is 0 Å². The summed E-state index contributed by atoms with van der Waals surface area (Å²) in [4.78, 5) is 35.3. The van der Waals surface area contributed by atoms with E-state index < -0.39 is 11.5 Å². The smallest absolute Gasteiger partial charge is 0.303 e. The zero-order valence-corrected chi connectivity index (χ0v) is 13.4. The number of carbonyl (C=O) groups excluding carboxylic acids is 1. The molecule has 1 aromatic carbocycles. The molecule has 0 saturated heterocycles. The summed E-state index contributed by atoms with van der Waals surface area (Å²) in [6.45, 7) is 3.52. The van der Waals surface area contributed by atoms with Gasteiger partial charge in [-0.25, -0.2) is 0 Å². The molecule has 0 saturated carbocycles. The summed E-state index contributed by atoms with van der Waals surface area (Å²) in [6, 6.07) is 8.49. The van der Waals surface area contributed by atoms with Crippen LogP contribution >= 0.6 is 0 Å². The van der Waals surface area contributed by atoms with Crippen LogP contribution in [0.15, 0.2) is 35.1 Å². The second-order valence-corrected chi connectivity index (χ2v) is 6.20. The van der Waals surface area contributed by atoms with Crippen LogP contribution in [0.25, 0.3) is 10.9 Å². The Morgan fingerprint density at radius 2 is 1.91 bits per heavy atom. The highest BCUT2D eigenvalue weighted by atomic mass is 16.4. The van der Waals surface area contributed by atoms with E-state index in [4.69, 9.17) is 5.11 Å². The number of rotatable bonds is 5. The van der Waals surface area contributed by atoms with Crippen LogP contribution in [-0.4, -0.2) is 27.1 Å². The Balaban J connectivity index is 2.37. The molecule has 23 heavy (non-hydrogen) atoms. The summed E-state index contributed by atoms with van der Waals surface area (Å²) in [5.74, 6) is -1.29. The van der Waals surface area contributed by atoms with Gasteiger partial charge in [0.2, 0.25) is 0 Å². The molecule has 0 bridgehead atoms. The number of amides is 1. The molecule has 0 fully saturated rings. The van der Waals surface area contributed by atoms with Crippen LogP contribution in [-0.2, 0) is 11.8 Å². The van der Waals surface area contributed by atoms with Gasteiger partial charge >= 0.3 is 5.97 Å². The van der Waals surface area contributed by atoms with Crippen molar-refractivity contribution in [1.29, 1.82) is 0 Å². The predicted molar refractivity (Wildman–Crippen MR) is 87.6 cm³/mol. The highest BCUT2D eigenvalue weighted by Crippen LogP contribution is 2.18. The number of benzene rings is 1. The Hall–Kier alpha value is -2.63.